The van der Waals surface area contributed by atoms with Crippen molar-refractivity contribution in [1.82, 2.24) is 15.1 Å². The molecule has 1 aliphatic rings. The number of carbonyl (C=O) groups excluding carboxylic acids is 1. The quantitative estimate of drug-likeness (QED) is 0.920. The molecule has 1 aliphatic carbocycles. The van der Waals surface area contributed by atoms with E-state index in [9.17, 15) is 4.79 Å². The molecule has 0 aliphatic heterocycles. The Hall–Kier alpha value is -1.62. The Morgan fingerprint density at radius 1 is 1.55 bits per heavy atom. The molecule has 0 saturated heterocycles. The second-order valence-electron chi connectivity index (χ2n) is 5.46. The lowest BCUT2D eigenvalue weighted by Gasteiger charge is -2.19. The molecule has 0 radical (unpaired) electrons. The molecule has 1 saturated carbocycles. The minimum Gasteiger partial charge on any atom is -0.353 e. The molecule has 0 spiro atoms. The highest BCUT2D eigenvalue weighted by Crippen LogP contribution is 2.29. The summed E-state index contributed by atoms with van der Waals surface area (Å²) in [5.74, 6) is 0.435. The van der Waals surface area contributed by atoms with Crippen molar-refractivity contribution >= 4 is 17.2 Å². The topological polar surface area (TPSA) is 46.9 Å². The van der Waals surface area contributed by atoms with Crippen LogP contribution in [-0.4, -0.2) is 22.2 Å². The highest BCUT2D eigenvalue weighted by Gasteiger charge is 2.30. The lowest BCUT2D eigenvalue weighted by molar-refractivity contribution is -0.122. The predicted molar refractivity (Wildman–Crippen MR) is 79.9 cm³/mol. The monoisotopic (exact) mass is 289 g/mol. The van der Waals surface area contributed by atoms with Crippen LogP contribution in [0.2, 0.25) is 0 Å². The molecule has 1 atom stereocenters. The maximum Gasteiger partial charge on any atom is 0.223 e. The van der Waals surface area contributed by atoms with Crippen molar-refractivity contribution in [2.24, 2.45) is 5.92 Å². The van der Waals surface area contributed by atoms with E-state index in [4.69, 9.17) is 0 Å². The minimum absolute atomic E-state index is 0.0812. The average molecular weight is 289 g/mol. The summed E-state index contributed by atoms with van der Waals surface area (Å²) in [4.78, 5) is 11.9. The number of aromatic nitrogens is 2. The van der Waals surface area contributed by atoms with Crippen molar-refractivity contribution in [3.05, 3.63) is 39.8 Å². The summed E-state index contributed by atoms with van der Waals surface area (Å²) in [6.07, 6.45) is 2.07. The molecular formula is C15H19N3OS. The van der Waals surface area contributed by atoms with Crippen LogP contribution in [0.25, 0.3) is 0 Å². The van der Waals surface area contributed by atoms with Gasteiger partial charge in [0.15, 0.2) is 0 Å². The number of nitrogens with one attached hydrogen (secondary N) is 1. The van der Waals surface area contributed by atoms with Crippen molar-refractivity contribution in [1.29, 1.82) is 0 Å². The van der Waals surface area contributed by atoms with Crippen LogP contribution in [0.5, 0.6) is 0 Å². The number of thiophene rings is 1. The molecule has 2 aromatic heterocycles. The van der Waals surface area contributed by atoms with E-state index < -0.39 is 0 Å². The van der Waals surface area contributed by atoms with Gasteiger partial charge in [0, 0.05) is 18.2 Å². The van der Waals surface area contributed by atoms with Gasteiger partial charge in [-0.15, -0.1) is 0 Å². The van der Waals surface area contributed by atoms with Crippen LogP contribution >= 0.6 is 11.3 Å². The maximum atomic E-state index is 11.9. The summed E-state index contributed by atoms with van der Waals surface area (Å²) in [5, 5.41) is 11.8. The summed E-state index contributed by atoms with van der Waals surface area (Å²) in [6, 6.07) is 4.26. The number of rotatable bonds is 5. The Bertz CT molecular complexity index is 599. The molecular weight excluding hydrogens is 270 g/mol. The zero-order valence-electron chi connectivity index (χ0n) is 11.8. The van der Waals surface area contributed by atoms with E-state index in [0.29, 0.717) is 6.54 Å². The predicted octanol–water partition coefficient (Wildman–Crippen LogP) is 2.68. The highest BCUT2D eigenvalue weighted by molar-refractivity contribution is 7.07. The van der Waals surface area contributed by atoms with Crippen molar-refractivity contribution in [2.75, 3.05) is 6.54 Å². The molecule has 2 heterocycles. The maximum absolute atomic E-state index is 11.9. The lowest BCUT2D eigenvalue weighted by atomic mass is 10.1. The van der Waals surface area contributed by atoms with Gasteiger partial charge >= 0.3 is 0 Å². The van der Waals surface area contributed by atoms with Crippen LogP contribution in [-0.2, 0) is 4.79 Å². The number of amides is 1. The highest BCUT2D eigenvalue weighted by atomic mass is 32.1. The van der Waals surface area contributed by atoms with Crippen LogP contribution in [0.15, 0.2) is 22.9 Å². The van der Waals surface area contributed by atoms with E-state index in [1.165, 1.54) is 5.56 Å². The molecule has 3 rings (SSSR count). The van der Waals surface area contributed by atoms with Gasteiger partial charge in [-0.1, -0.05) is 0 Å². The first-order chi connectivity index (χ1) is 9.65. The van der Waals surface area contributed by atoms with Gasteiger partial charge in [-0.2, -0.15) is 16.4 Å². The van der Waals surface area contributed by atoms with E-state index in [1.54, 1.807) is 11.3 Å². The van der Waals surface area contributed by atoms with E-state index >= 15 is 0 Å². The molecule has 0 aromatic carbocycles. The van der Waals surface area contributed by atoms with Gasteiger partial charge < -0.3 is 5.32 Å². The second kappa shape index (κ2) is 5.40. The van der Waals surface area contributed by atoms with Crippen molar-refractivity contribution < 1.29 is 4.79 Å². The second-order valence-corrected chi connectivity index (χ2v) is 6.24. The van der Waals surface area contributed by atoms with E-state index in [-0.39, 0.29) is 17.9 Å². The third-order valence-corrected chi connectivity index (χ3v) is 4.39. The summed E-state index contributed by atoms with van der Waals surface area (Å²) in [7, 11) is 0. The molecule has 2 aromatic rings. The molecule has 5 heteroatoms. The van der Waals surface area contributed by atoms with Crippen molar-refractivity contribution in [2.45, 2.75) is 32.7 Å². The molecule has 4 nitrogen and oxygen atoms in total. The molecule has 106 valence electrons. The number of hydrogen-bond acceptors (Lipinski definition) is 3. The van der Waals surface area contributed by atoms with E-state index in [1.807, 2.05) is 11.6 Å². The number of nitrogens with zero attached hydrogens (tertiary/aromatic N) is 2. The molecule has 1 amide bonds. The Morgan fingerprint density at radius 2 is 2.35 bits per heavy atom. The van der Waals surface area contributed by atoms with Gasteiger partial charge in [-0.25, -0.2) is 0 Å². The SMILES string of the molecule is Cc1cc(C)n([C@H](CNC(=O)C2CC2)c2ccsc2)n1. The largest absolute Gasteiger partial charge is 0.353 e. The Labute approximate surface area is 122 Å². The third-order valence-electron chi connectivity index (χ3n) is 3.69. The van der Waals surface area contributed by atoms with Crippen molar-refractivity contribution in [3.63, 3.8) is 0 Å². The Kier molecular flexibility index (Phi) is 3.61. The molecule has 0 unspecified atom stereocenters. The van der Waals surface area contributed by atoms with Gasteiger partial charge in [0.2, 0.25) is 5.91 Å². The van der Waals surface area contributed by atoms with Gasteiger partial charge in [-0.05, 0) is 55.1 Å². The van der Waals surface area contributed by atoms with Gasteiger partial charge in [-0.3, -0.25) is 9.48 Å². The normalized spacial score (nSPS) is 16.1. The fourth-order valence-corrected chi connectivity index (χ4v) is 3.17. The Balaban J connectivity index is 1.80. The van der Waals surface area contributed by atoms with Crippen LogP contribution in [0, 0.1) is 19.8 Å². The van der Waals surface area contributed by atoms with Crippen LogP contribution in [0.1, 0.15) is 35.8 Å². The molecule has 1 N–H and O–H groups in total. The van der Waals surface area contributed by atoms with E-state index in [0.717, 1.165) is 24.2 Å². The lowest BCUT2D eigenvalue weighted by Crippen LogP contribution is -2.32. The molecule has 20 heavy (non-hydrogen) atoms. The average Bonchev–Trinajstić information content (AvgIpc) is 3.03. The first-order valence-corrected chi connectivity index (χ1v) is 7.92. The van der Waals surface area contributed by atoms with Gasteiger partial charge in [0.05, 0.1) is 11.7 Å². The molecule has 1 fully saturated rings. The summed E-state index contributed by atoms with van der Waals surface area (Å²) >= 11 is 1.67. The van der Waals surface area contributed by atoms with Crippen LogP contribution in [0.4, 0.5) is 0 Å². The number of hydrogen-bond donors (Lipinski definition) is 1. The Morgan fingerprint density at radius 3 is 2.90 bits per heavy atom. The summed E-state index contributed by atoms with van der Waals surface area (Å²) < 4.78 is 2.02. The molecule has 0 bridgehead atoms. The smallest absolute Gasteiger partial charge is 0.223 e. The standard InChI is InChI=1S/C15H19N3OS/c1-10-7-11(2)18(17-10)14(13-5-6-20-9-13)8-16-15(19)12-3-4-12/h5-7,9,12,14H,3-4,8H2,1-2H3,(H,16,19)/t14-/m1/s1. The van der Waals surface area contributed by atoms with Crippen molar-refractivity contribution in [3.8, 4) is 0 Å². The van der Waals surface area contributed by atoms with E-state index in [2.05, 4.69) is 40.2 Å². The first kappa shape index (κ1) is 13.4. The summed E-state index contributed by atoms with van der Waals surface area (Å²) in [6.45, 7) is 4.66. The van der Waals surface area contributed by atoms with Gasteiger partial charge in [0.25, 0.3) is 0 Å². The van der Waals surface area contributed by atoms with Gasteiger partial charge in [0.1, 0.15) is 0 Å². The minimum atomic E-state index is 0.0812. The van der Waals surface area contributed by atoms with Crippen LogP contribution in [0.3, 0.4) is 0 Å². The third kappa shape index (κ3) is 2.77. The number of carbonyl (C=O) groups is 1. The first-order valence-electron chi connectivity index (χ1n) is 6.97. The van der Waals surface area contributed by atoms with Crippen LogP contribution < -0.4 is 5.32 Å². The summed E-state index contributed by atoms with van der Waals surface area (Å²) in [5.41, 5.74) is 3.34. The fraction of sp³-hybridized carbons (Fsp3) is 0.467. The zero-order chi connectivity index (χ0) is 14.1. The number of aryl methyl sites for hydroxylation is 2. The fourth-order valence-electron chi connectivity index (χ4n) is 2.46. The zero-order valence-corrected chi connectivity index (χ0v) is 12.6.